The standard InChI is InChI=1S/C11H10F2N2O3/c12-6-1-2-8(13)7(5-6)11-9(15(17)18)3-4-10(16)14-11/h1-2,5,9,11H,3-4H2,(H,14,16)/t9-,11+/m0/s1. The second kappa shape index (κ2) is 4.67. The highest BCUT2D eigenvalue weighted by molar-refractivity contribution is 5.77. The maximum atomic E-state index is 13.6. The zero-order chi connectivity index (χ0) is 13.3. The molecule has 0 bridgehead atoms. The Morgan fingerprint density at radius 1 is 1.39 bits per heavy atom. The van der Waals surface area contributed by atoms with E-state index < -0.39 is 34.5 Å². The number of carbonyl (C=O) groups excluding carboxylic acids is 1. The molecule has 0 saturated carbocycles. The van der Waals surface area contributed by atoms with Crippen molar-refractivity contribution in [3.8, 4) is 0 Å². The second-order valence-electron chi connectivity index (χ2n) is 4.10. The molecule has 0 radical (unpaired) electrons. The predicted molar refractivity (Wildman–Crippen MR) is 57.3 cm³/mol. The highest BCUT2D eigenvalue weighted by atomic mass is 19.1. The molecular formula is C11H10F2N2O3. The van der Waals surface area contributed by atoms with Crippen LogP contribution in [0.15, 0.2) is 18.2 Å². The molecule has 96 valence electrons. The predicted octanol–water partition coefficient (Wildman–Crippen LogP) is 1.56. The smallest absolute Gasteiger partial charge is 0.237 e. The Hall–Kier alpha value is -2.05. The van der Waals surface area contributed by atoms with Crippen LogP contribution in [-0.4, -0.2) is 16.9 Å². The number of hydrogen-bond donors (Lipinski definition) is 1. The van der Waals surface area contributed by atoms with Gasteiger partial charge in [-0.25, -0.2) is 8.78 Å². The van der Waals surface area contributed by atoms with Gasteiger partial charge in [-0.2, -0.15) is 0 Å². The SMILES string of the molecule is O=C1CC[C@H]([N+](=O)[O-])[C@@H](c2cc(F)ccc2F)N1. The fourth-order valence-electron chi connectivity index (χ4n) is 2.05. The summed E-state index contributed by atoms with van der Waals surface area (Å²) in [5.41, 5.74) is -0.190. The molecule has 1 fully saturated rings. The Morgan fingerprint density at radius 3 is 2.78 bits per heavy atom. The number of nitrogens with zero attached hydrogens (tertiary/aromatic N) is 1. The number of piperidine rings is 1. The van der Waals surface area contributed by atoms with Crippen LogP contribution < -0.4 is 5.32 Å². The Bertz CT molecular complexity index is 507. The lowest BCUT2D eigenvalue weighted by Gasteiger charge is -2.27. The molecule has 1 N–H and O–H groups in total. The summed E-state index contributed by atoms with van der Waals surface area (Å²) in [6, 6.07) is 0.422. The molecule has 2 atom stereocenters. The zero-order valence-electron chi connectivity index (χ0n) is 9.23. The molecule has 1 amide bonds. The Morgan fingerprint density at radius 2 is 2.11 bits per heavy atom. The molecule has 0 spiro atoms. The topological polar surface area (TPSA) is 72.2 Å². The van der Waals surface area contributed by atoms with Crippen LogP contribution >= 0.6 is 0 Å². The average Bonchev–Trinajstić information content (AvgIpc) is 2.31. The maximum Gasteiger partial charge on any atom is 0.237 e. The Labute approximate surface area is 101 Å². The third kappa shape index (κ3) is 2.29. The number of carbonyl (C=O) groups is 1. The lowest BCUT2D eigenvalue weighted by atomic mass is 9.92. The Kier molecular flexibility index (Phi) is 3.22. The zero-order valence-corrected chi connectivity index (χ0v) is 9.23. The summed E-state index contributed by atoms with van der Waals surface area (Å²) in [5, 5.41) is 13.2. The first kappa shape index (κ1) is 12.4. The lowest BCUT2D eigenvalue weighted by molar-refractivity contribution is -0.529. The molecule has 7 heteroatoms. The molecular weight excluding hydrogens is 246 g/mol. The molecule has 1 aliphatic rings. The van der Waals surface area contributed by atoms with Gasteiger partial charge in [0.25, 0.3) is 0 Å². The van der Waals surface area contributed by atoms with Crippen LogP contribution in [-0.2, 0) is 4.79 Å². The van der Waals surface area contributed by atoms with E-state index in [1.807, 2.05) is 0 Å². The summed E-state index contributed by atoms with van der Waals surface area (Å²) in [4.78, 5) is 21.6. The summed E-state index contributed by atoms with van der Waals surface area (Å²) < 4.78 is 26.7. The van der Waals surface area contributed by atoms with E-state index in [1.165, 1.54) is 0 Å². The number of halogens is 2. The fourth-order valence-corrected chi connectivity index (χ4v) is 2.05. The highest BCUT2D eigenvalue weighted by Gasteiger charge is 2.39. The van der Waals surface area contributed by atoms with Crippen LogP contribution in [0.25, 0.3) is 0 Å². The molecule has 0 unspecified atom stereocenters. The molecule has 1 aromatic carbocycles. The van der Waals surface area contributed by atoms with Crippen molar-refractivity contribution in [1.82, 2.24) is 5.32 Å². The number of nitro groups is 1. The summed E-state index contributed by atoms with van der Waals surface area (Å²) in [7, 11) is 0. The van der Waals surface area contributed by atoms with E-state index in [-0.39, 0.29) is 18.4 Å². The van der Waals surface area contributed by atoms with E-state index in [0.717, 1.165) is 18.2 Å². The first-order chi connectivity index (χ1) is 8.49. The minimum absolute atomic E-state index is 0.0130. The van der Waals surface area contributed by atoms with Crippen molar-refractivity contribution in [2.24, 2.45) is 0 Å². The van der Waals surface area contributed by atoms with Crippen LogP contribution in [0.2, 0.25) is 0 Å². The van der Waals surface area contributed by atoms with Gasteiger partial charge in [0.15, 0.2) is 0 Å². The van der Waals surface area contributed by atoms with E-state index in [1.54, 1.807) is 0 Å². The number of rotatable bonds is 2. The van der Waals surface area contributed by atoms with Gasteiger partial charge < -0.3 is 5.32 Å². The van der Waals surface area contributed by atoms with Crippen LogP contribution in [0.5, 0.6) is 0 Å². The molecule has 5 nitrogen and oxygen atoms in total. The molecule has 0 aromatic heterocycles. The van der Waals surface area contributed by atoms with Crippen molar-refractivity contribution in [3.05, 3.63) is 45.5 Å². The highest BCUT2D eigenvalue weighted by Crippen LogP contribution is 2.28. The van der Waals surface area contributed by atoms with Gasteiger partial charge in [0.2, 0.25) is 11.9 Å². The van der Waals surface area contributed by atoms with E-state index in [0.29, 0.717) is 0 Å². The van der Waals surface area contributed by atoms with Gasteiger partial charge in [-0.1, -0.05) is 0 Å². The summed E-state index contributed by atoms with van der Waals surface area (Å²) in [6.45, 7) is 0. The van der Waals surface area contributed by atoms with Crippen molar-refractivity contribution >= 4 is 5.91 Å². The van der Waals surface area contributed by atoms with E-state index in [2.05, 4.69) is 5.32 Å². The Balaban J connectivity index is 2.40. The molecule has 1 aromatic rings. The molecule has 18 heavy (non-hydrogen) atoms. The van der Waals surface area contributed by atoms with Gasteiger partial charge in [-0.15, -0.1) is 0 Å². The molecule has 1 aliphatic heterocycles. The van der Waals surface area contributed by atoms with Crippen molar-refractivity contribution in [1.29, 1.82) is 0 Å². The van der Waals surface area contributed by atoms with Crippen LogP contribution in [0, 0.1) is 21.7 Å². The van der Waals surface area contributed by atoms with Crippen molar-refractivity contribution in [2.75, 3.05) is 0 Å². The first-order valence-corrected chi connectivity index (χ1v) is 5.37. The normalized spacial score (nSPS) is 23.6. The van der Waals surface area contributed by atoms with E-state index >= 15 is 0 Å². The minimum Gasteiger partial charge on any atom is -0.342 e. The summed E-state index contributed by atoms with van der Waals surface area (Å²) in [5.74, 6) is -1.87. The van der Waals surface area contributed by atoms with Gasteiger partial charge in [-0.05, 0) is 18.2 Å². The molecule has 2 rings (SSSR count). The third-order valence-electron chi connectivity index (χ3n) is 2.93. The fraction of sp³-hybridized carbons (Fsp3) is 0.364. The number of hydrogen-bond acceptors (Lipinski definition) is 3. The number of nitrogens with one attached hydrogen (secondary N) is 1. The molecule has 0 aliphatic carbocycles. The monoisotopic (exact) mass is 256 g/mol. The van der Waals surface area contributed by atoms with E-state index in [9.17, 15) is 23.7 Å². The van der Waals surface area contributed by atoms with E-state index in [4.69, 9.17) is 0 Å². The van der Waals surface area contributed by atoms with Gasteiger partial charge in [-0.3, -0.25) is 14.9 Å². The van der Waals surface area contributed by atoms with Crippen LogP contribution in [0.1, 0.15) is 24.4 Å². The quantitative estimate of drug-likeness (QED) is 0.644. The maximum absolute atomic E-state index is 13.6. The third-order valence-corrected chi connectivity index (χ3v) is 2.93. The van der Waals surface area contributed by atoms with Gasteiger partial charge >= 0.3 is 0 Å². The summed E-state index contributed by atoms with van der Waals surface area (Å²) in [6.07, 6.45) is 0.0263. The van der Waals surface area contributed by atoms with Crippen LogP contribution in [0.4, 0.5) is 8.78 Å². The van der Waals surface area contributed by atoms with Crippen molar-refractivity contribution in [2.45, 2.75) is 24.9 Å². The molecule has 1 heterocycles. The van der Waals surface area contributed by atoms with Crippen LogP contribution in [0.3, 0.4) is 0 Å². The average molecular weight is 256 g/mol. The molecule has 1 saturated heterocycles. The van der Waals surface area contributed by atoms with Gasteiger partial charge in [0, 0.05) is 23.3 Å². The lowest BCUT2D eigenvalue weighted by Crippen LogP contribution is -2.45. The minimum atomic E-state index is -1.14. The largest absolute Gasteiger partial charge is 0.342 e. The van der Waals surface area contributed by atoms with Crippen molar-refractivity contribution in [3.63, 3.8) is 0 Å². The summed E-state index contributed by atoms with van der Waals surface area (Å²) >= 11 is 0. The van der Waals surface area contributed by atoms with Gasteiger partial charge in [0.1, 0.15) is 17.7 Å². The van der Waals surface area contributed by atoms with Crippen molar-refractivity contribution < 1.29 is 18.5 Å². The first-order valence-electron chi connectivity index (χ1n) is 5.37. The second-order valence-corrected chi connectivity index (χ2v) is 4.10. The number of amides is 1. The van der Waals surface area contributed by atoms with Gasteiger partial charge in [0.05, 0.1) is 0 Å². The number of benzene rings is 1.